The molecule has 0 amide bonds. The van der Waals surface area contributed by atoms with E-state index in [4.69, 9.17) is 0 Å². The molecule has 100 valence electrons. The summed E-state index contributed by atoms with van der Waals surface area (Å²) in [5, 5.41) is 0.895. The van der Waals surface area contributed by atoms with Crippen LogP contribution in [0, 0.1) is 0 Å². The molecule has 1 aliphatic heterocycles. The number of benzene rings is 1. The minimum Gasteiger partial charge on any atom is -0.347 e. The van der Waals surface area contributed by atoms with Gasteiger partial charge in [-0.15, -0.1) is 0 Å². The van der Waals surface area contributed by atoms with Gasteiger partial charge in [0.05, 0.1) is 5.52 Å². The van der Waals surface area contributed by atoms with Crippen LogP contribution in [-0.4, -0.2) is 4.57 Å². The molecule has 0 aliphatic carbocycles. The van der Waals surface area contributed by atoms with E-state index in [9.17, 15) is 4.79 Å². The molecule has 2 nitrogen and oxygen atoms in total. The highest BCUT2D eigenvalue weighted by Crippen LogP contribution is 2.26. The first-order chi connectivity index (χ1) is 8.98. The third kappa shape index (κ3) is 1.99. The number of para-hydroxylation sites is 1. The van der Waals surface area contributed by atoms with Crippen LogP contribution in [-0.2, 0) is 18.4 Å². The van der Waals surface area contributed by atoms with Gasteiger partial charge in [-0.3, -0.25) is 4.79 Å². The molecule has 1 aliphatic rings. The second-order valence-electron chi connectivity index (χ2n) is 6.59. The van der Waals surface area contributed by atoms with Crippen LogP contribution in [0.25, 0.3) is 10.9 Å². The molecule has 0 radical (unpaired) electrons. The third-order valence-electron chi connectivity index (χ3n) is 4.08. The molecule has 0 spiro atoms. The first kappa shape index (κ1) is 12.5. The molecule has 0 unspecified atom stereocenters. The van der Waals surface area contributed by atoms with E-state index in [1.807, 2.05) is 12.1 Å². The fraction of sp³-hybridized carbons (Fsp3) is 0.471. The lowest BCUT2D eigenvalue weighted by Gasteiger charge is -2.21. The highest BCUT2D eigenvalue weighted by atomic mass is 16.1. The van der Waals surface area contributed by atoms with Crippen LogP contribution in [0.3, 0.4) is 0 Å². The number of aromatic nitrogens is 1. The van der Waals surface area contributed by atoms with Crippen LogP contribution in [0.5, 0.6) is 0 Å². The molecular weight excluding hydrogens is 234 g/mol. The molecular formula is C17H21NO. The topological polar surface area (TPSA) is 22.0 Å². The zero-order valence-electron chi connectivity index (χ0n) is 12.0. The molecule has 2 aromatic rings. The predicted molar refractivity (Wildman–Crippen MR) is 79.8 cm³/mol. The zero-order chi connectivity index (χ0) is 13.6. The smallest absolute Gasteiger partial charge is 0.193 e. The molecule has 0 fully saturated rings. The maximum absolute atomic E-state index is 12.7. The van der Waals surface area contributed by atoms with Crippen molar-refractivity contribution in [3.8, 4) is 0 Å². The minimum atomic E-state index is -0.100. The Morgan fingerprint density at radius 3 is 2.68 bits per heavy atom. The average Bonchev–Trinajstić information content (AvgIpc) is 2.55. The number of rotatable bonds is 0. The van der Waals surface area contributed by atoms with Crippen molar-refractivity contribution >= 4 is 10.9 Å². The molecule has 1 aromatic heterocycles. The van der Waals surface area contributed by atoms with Gasteiger partial charge in [-0.05, 0) is 36.3 Å². The lowest BCUT2D eigenvalue weighted by Crippen LogP contribution is -2.25. The molecule has 0 bridgehead atoms. The Morgan fingerprint density at radius 2 is 1.95 bits per heavy atom. The maximum atomic E-state index is 12.7. The van der Waals surface area contributed by atoms with Crippen molar-refractivity contribution in [1.82, 2.24) is 4.57 Å². The summed E-state index contributed by atoms with van der Waals surface area (Å²) in [4.78, 5) is 12.7. The first-order valence-electron chi connectivity index (χ1n) is 7.14. The van der Waals surface area contributed by atoms with Crippen molar-refractivity contribution in [2.24, 2.45) is 0 Å². The lowest BCUT2D eigenvalue weighted by molar-refractivity contribution is 0.569. The van der Waals surface area contributed by atoms with Crippen LogP contribution >= 0.6 is 0 Å². The van der Waals surface area contributed by atoms with Gasteiger partial charge in [-0.2, -0.15) is 0 Å². The van der Waals surface area contributed by atoms with Crippen molar-refractivity contribution in [1.29, 1.82) is 0 Å². The van der Waals surface area contributed by atoms with Crippen LogP contribution < -0.4 is 5.43 Å². The number of aryl methyl sites for hydroxylation is 2. The molecule has 0 N–H and O–H groups in total. The van der Waals surface area contributed by atoms with E-state index in [-0.39, 0.29) is 10.8 Å². The molecule has 3 rings (SSSR count). The van der Waals surface area contributed by atoms with Crippen molar-refractivity contribution in [2.45, 2.75) is 52.0 Å². The van der Waals surface area contributed by atoms with E-state index < -0.39 is 0 Å². The summed E-state index contributed by atoms with van der Waals surface area (Å²) in [7, 11) is 0. The summed E-state index contributed by atoms with van der Waals surface area (Å²) < 4.78 is 2.31. The Labute approximate surface area is 114 Å². The first-order valence-corrected chi connectivity index (χ1v) is 7.14. The van der Waals surface area contributed by atoms with Crippen LogP contribution in [0.15, 0.2) is 29.2 Å². The van der Waals surface area contributed by atoms with Gasteiger partial charge in [0.15, 0.2) is 5.43 Å². The van der Waals surface area contributed by atoms with E-state index >= 15 is 0 Å². The Morgan fingerprint density at radius 1 is 1.16 bits per heavy atom. The quantitative estimate of drug-likeness (QED) is 0.704. The average molecular weight is 255 g/mol. The normalized spacial score (nSPS) is 15.5. The van der Waals surface area contributed by atoms with Gasteiger partial charge in [-0.1, -0.05) is 32.9 Å². The van der Waals surface area contributed by atoms with Gasteiger partial charge in [-0.25, -0.2) is 0 Å². The van der Waals surface area contributed by atoms with E-state index in [0.29, 0.717) is 0 Å². The van der Waals surface area contributed by atoms with Crippen molar-refractivity contribution < 1.29 is 0 Å². The van der Waals surface area contributed by atoms with Gasteiger partial charge in [0.25, 0.3) is 0 Å². The molecule has 2 heterocycles. The van der Waals surface area contributed by atoms with Crippen LogP contribution in [0.4, 0.5) is 0 Å². The fourth-order valence-electron chi connectivity index (χ4n) is 3.05. The van der Waals surface area contributed by atoms with Gasteiger partial charge in [0, 0.05) is 23.7 Å². The monoisotopic (exact) mass is 255 g/mol. The van der Waals surface area contributed by atoms with Crippen LogP contribution in [0.2, 0.25) is 0 Å². The van der Waals surface area contributed by atoms with Crippen LogP contribution in [0.1, 0.15) is 44.7 Å². The number of pyridine rings is 1. The van der Waals surface area contributed by atoms with E-state index in [1.54, 1.807) is 0 Å². The van der Waals surface area contributed by atoms with E-state index in [1.165, 1.54) is 18.4 Å². The summed E-state index contributed by atoms with van der Waals surface area (Å²) in [5.74, 6) is 0. The molecule has 0 saturated carbocycles. The Bertz CT molecular complexity index is 689. The number of hydrogen-bond acceptors (Lipinski definition) is 1. The van der Waals surface area contributed by atoms with E-state index in [0.717, 1.165) is 29.4 Å². The van der Waals surface area contributed by atoms with E-state index in [2.05, 4.69) is 37.6 Å². The molecule has 19 heavy (non-hydrogen) atoms. The standard InChI is InChI=1S/C17H21NO/c1-17(2,3)14-11-18-10-5-4-7-12-8-6-9-13(15(12)18)16(14)19/h6,8-9,11H,4-5,7,10H2,1-3H3. The second kappa shape index (κ2) is 4.22. The Hall–Kier alpha value is -1.57. The van der Waals surface area contributed by atoms with Gasteiger partial charge in [0.1, 0.15) is 0 Å². The summed E-state index contributed by atoms with van der Waals surface area (Å²) in [6, 6.07) is 6.18. The number of nitrogens with zero attached hydrogens (tertiary/aromatic N) is 1. The second-order valence-corrected chi connectivity index (χ2v) is 6.59. The predicted octanol–water partition coefficient (Wildman–Crippen LogP) is 3.64. The van der Waals surface area contributed by atoms with Crippen molar-refractivity contribution in [3.63, 3.8) is 0 Å². The molecule has 0 atom stereocenters. The largest absolute Gasteiger partial charge is 0.347 e. The fourth-order valence-corrected chi connectivity index (χ4v) is 3.05. The summed E-state index contributed by atoms with van der Waals surface area (Å²) >= 11 is 0. The summed E-state index contributed by atoms with van der Waals surface area (Å²) in [5.41, 5.74) is 3.53. The van der Waals surface area contributed by atoms with Gasteiger partial charge in [0.2, 0.25) is 0 Å². The van der Waals surface area contributed by atoms with Gasteiger partial charge >= 0.3 is 0 Å². The van der Waals surface area contributed by atoms with Crippen molar-refractivity contribution in [3.05, 3.63) is 45.7 Å². The minimum absolute atomic E-state index is 0.100. The summed E-state index contributed by atoms with van der Waals surface area (Å²) in [6.45, 7) is 7.37. The Kier molecular flexibility index (Phi) is 2.77. The maximum Gasteiger partial charge on any atom is 0.193 e. The third-order valence-corrected chi connectivity index (χ3v) is 4.08. The lowest BCUT2D eigenvalue weighted by atomic mass is 9.86. The molecule has 0 saturated heterocycles. The summed E-state index contributed by atoms with van der Waals surface area (Å²) in [6.07, 6.45) is 5.58. The molecule has 1 aromatic carbocycles. The van der Waals surface area contributed by atoms with Crippen molar-refractivity contribution in [2.75, 3.05) is 0 Å². The highest BCUT2D eigenvalue weighted by Gasteiger charge is 2.22. The Balaban J connectivity index is 2.44. The SMILES string of the molecule is CC(C)(C)c1cn2c3c(cccc3c1=O)CCCC2. The highest BCUT2D eigenvalue weighted by molar-refractivity contribution is 5.83. The molecule has 2 heteroatoms. The zero-order valence-corrected chi connectivity index (χ0v) is 12.0. The van der Waals surface area contributed by atoms with Gasteiger partial charge < -0.3 is 4.57 Å². The number of hydrogen-bond donors (Lipinski definition) is 0.